The van der Waals surface area contributed by atoms with Crippen molar-refractivity contribution >= 4 is 62.3 Å². The average molecular weight is 1040 g/mol. The first-order valence-corrected chi connectivity index (χ1v) is 25.7. The van der Waals surface area contributed by atoms with E-state index >= 15 is 0 Å². The minimum atomic E-state index is -1.48. The van der Waals surface area contributed by atoms with Gasteiger partial charge in [-0.25, -0.2) is 29.1 Å². The van der Waals surface area contributed by atoms with Crippen molar-refractivity contribution < 1.29 is 42.8 Å². The van der Waals surface area contributed by atoms with Gasteiger partial charge >= 0.3 is 11.9 Å². The number of hydrogen-bond donors (Lipinski definition) is 1. The van der Waals surface area contributed by atoms with Gasteiger partial charge in [0.05, 0.1) is 21.1 Å². The Labute approximate surface area is 432 Å². The number of rotatable bonds is 10. The molecule has 4 aliphatic rings. The van der Waals surface area contributed by atoms with Gasteiger partial charge in [-0.1, -0.05) is 41.4 Å². The third-order valence-corrected chi connectivity index (χ3v) is 15.2. The van der Waals surface area contributed by atoms with Crippen molar-refractivity contribution in [1.29, 1.82) is 0 Å². The van der Waals surface area contributed by atoms with Crippen LogP contribution in [0.3, 0.4) is 0 Å². The number of esters is 1. The van der Waals surface area contributed by atoms with Gasteiger partial charge in [0.1, 0.15) is 53.4 Å². The lowest BCUT2D eigenvalue weighted by molar-refractivity contribution is -0.156. The molecule has 1 saturated heterocycles. The van der Waals surface area contributed by atoms with E-state index in [0.29, 0.717) is 113 Å². The third-order valence-electron chi connectivity index (χ3n) is 13.1. The minimum absolute atomic E-state index is 0.0199. The molecule has 3 atom stereocenters. The van der Waals surface area contributed by atoms with E-state index in [-0.39, 0.29) is 37.4 Å². The number of nitrogens with zero attached hydrogens (tertiary/aromatic N) is 6. The Bertz CT molecular complexity index is 3000. The van der Waals surface area contributed by atoms with Crippen LogP contribution >= 0.6 is 34.5 Å². The van der Waals surface area contributed by atoms with Crippen LogP contribution in [-0.2, 0) is 27.4 Å². The number of benzene rings is 3. The van der Waals surface area contributed by atoms with Crippen LogP contribution in [0.4, 0.5) is 4.39 Å². The second kappa shape index (κ2) is 21.7. The zero-order chi connectivity index (χ0) is 50.8. The van der Waals surface area contributed by atoms with Gasteiger partial charge in [0.2, 0.25) is 12.0 Å². The zero-order valence-corrected chi connectivity index (χ0v) is 43.4. The fourth-order valence-electron chi connectivity index (χ4n) is 9.39. The number of piperazine rings is 1. The van der Waals surface area contributed by atoms with E-state index in [2.05, 4.69) is 37.9 Å². The average Bonchev–Trinajstić information content (AvgIpc) is 3.73. The molecule has 1 N–H and O–H groups in total. The number of aliphatic carboxylic acids is 1. The van der Waals surface area contributed by atoms with E-state index in [1.54, 1.807) is 42.6 Å². The van der Waals surface area contributed by atoms with Crippen molar-refractivity contribution in [3.8, 4) is 44.7 Å². The molecule has 14 nitrogen and oxygen atoms in total. The Balaban J connectivity index is 1.08. The summed E-state index contributed by atoms with van der Waals surface area (Å²) in [4.78, 5) is 50.3. The monoisotopic (exact) mass is 1040 g/mol. The normalized spacial score (nSPS) is 18.9. The maximum absolute atomic E-state index is 14.4. The number of allylic oxidation sites excluding steroid dienone is 2. The first-order valence-electron chi connectivity index (χ1n) is 24.1. The summed E-state index contributed by atoms with van der Waals surface area (Å²) in [7, 11) is 2.10. The first kappa shape index (κ1) is 51.0. The second-order valence-electron chi connectivity index (χ2n) is 19.6. The summed E-state index contributed by atoms with van der Waals surface area (Å²) >= 11 is 16.0. The predicted octanol–water partition coefficient (Wildman–Crippen LogP) is 10.8. The molecule has 0 saturated carbocycles. The number of halogens is 3. The number of carboxylic acids is 1. The topological polar surface area (TPSA) is 159 Å². The molecule has 0 unspecified atom stereocenters. The highest BCUT2D eigenvalue weighted by molar-refractivity contribution is 7.22. The van der Waals surface area contributed by atoms with Crippen molar-refractivity contribution in [3.63, 3.8) is 0 Å². The molecule has 0 radical (unpaired) electrons. The summed E-state index contributed by atoms with van der Waals surface area (Å²) in [6.07, 6.45) is 5.52. The Morgan fingerprint density at radius 2 is 1.71 bits per heavy atom. The fraction of sp³-hybridized carbons (Fsp3) is 0.407. The lowest BCUT2D eigenvalue weighted by Crippen LogP contribution is -2.49. The number of hydrogen-bond acceptors (Lipinski definition) is 14. The number of fused-ring (bicyclic) bond motifs is 7. The number of carboxylic acid groups (broad SMARTS) is 1. The lowest BCUT2D eigenvalue weighted by Gasteiger charge is -2.35. The lowest BCUT2D eigenvalue weighted by atomic mass is 9.87. The summed E-state index contributed by atoms with van der Waals surface area (Å²) in [5.41, 5.74) is 4.81. The highest BCUT2D eigenvalue weighted by atomic mass is 35.5. The van der Waals surface area contributed by atoms with Crippen molar-refractivity contribution in [3.05, 3.63) is 111 Å². The van der Waals surface area contributed by atoms with E-state index in [1.165, 1.54) is 29.8 Å². The molecule has 3 aliphatic heterocycles. The highest BCUT2D eigenvalue weighted by Crippen LogP contribution is 2.53. The van der Waals surface area contributed by atoms with Gasteiger partial charge < -0.3 is 33.7 Å². The molecule has 72 heavy (non-hydrogen) atoms. The van der Waals surface area contributed by atoms with Crippen molar-refractivity contribution in [1.82, 2.24) is 29.7 Å². The number of thiophene rings is 1. The van der Waals surface area contributed by atoms with Gasteiger partial charge in [-0.3, -0.25) is 9.69 Å². The van der Waals surface area contributed by atoms with Crippen LogP contribution in [0, 0.1) is 25.6 Å². The molecule has 10 rings (SSSR count). The molecule has 6 aromatic rings. The quantitative estimate of drug-likeness (QED) is 0.129. The third kappa shape index (κ3) is 11.6. The molecule has 0 spiro atoms. The SMILES string of the molecule is Cc1c(Cl)c2c(Cl)c(C)c1-c1c(-c3ccc(F)cc3)sc3ncnc(c13)O[C@@H](C(=O)O)Cc1cc(ccc1OCc1ccnc(C3=CC[C@@H](CC(=O)OC(C)(C)C)CC3)n1)OC[C@@H](CN1CCN(C)CC1)O2. The summed E-state index contributed by atoms with van der Waals surface area (Å²) in [6, 6.07) is 13.2. The Hall–Kier alpha value is -5.91. The second-order valence-corrected chi connectivity index (χ2v) is 21.4. The Morgan fingerprint density at radius 3 is 2.40 bits per heavy atom. The summed E-state index contributed by atoms with van der Waals surface area (Å²) in [5, 5.41) is 12.0. The van der Waals surface area contributed by atoms with E-state index < -0.39 is 29.6 Å². The van der Waals surface area contributed by atoms with Gasteiger partial charge in [0.25, 0.3) is 0 Å². The van der Waals surface area contributed by atoms with Crippen molar-refractivity contribution in [2.24, 2.45) is 5.92 Å². The van der Waals surface area contributed by atoms with Gasteiger partial charge in [0, 0.05) is 67.8 Å². The largest absolute Gasteiger partial charge is 0.490 e. The van der Waals surface area contributed by atoms with Crippen LogP contribution in [-0.4, -0.2) is 111 Å². The fourth-order valence-corrected chi connectivity index (χ4v) is 11.1. The van der Waals surface area contributed by atoms with E-state index in [0.717, 1.165) is 38.2 Å². The van der Waals surface area contributed by atoms with Crippen LogP contribution in [0.15, 0.2) is 67.1 Å². The van der Waals surface area contributed by atoms with Crippen molar-refractivity contribution in [2.75, 3.05) is 46.4 Å². The molecule has 18 heteroatoms. The standard InChI is InChI=1S/C54H57Cl2FN6O8S/c1-30-43-31(2)47(56)48(46(30)55)69-39(26-63-21-19-62(6)20-22-63)28-67-38-15-16-40(68-27-37-17-18-58-50(61-37)34-9-7-32(8-10-34)23-42(64)71-54(3,4)5)35(24-38)25-41(53(65)66)70-51-45-44(43)49(72-52(45)60-29-59-51)33-11-13-36(57)14-12-33/h9,11-18,24,29,32,39,41H,7-8,10,19-23,25-28H2,1-6H3,(H,65,66)/t32-,39-,41-/m1/s1. The van der Waals surface area contributed by atoms with Crippen LogP contribution in [0.5, 0.6) is 23.1 Å². The molecule has 1 aliphatic carbocycles. The molecular formula is C54H57Cl2FN6O8S. The molecular weight excluding hydrogens is 983 g/mol. The Kier molecular flexibility index (Phi) is 15.3. The molecule has 378 valence electrons. The molecule has 0 amide bonds. The number of carbonyl (C=O) groups excluding carboxylic acids is 1. The summed E-state index contributed by atoms with van der Waals surface area (Å²) in [6.45, 7) is 13.5. The number of ether oxygens (including phenoxy) is 5. The molecule has 6 heterocycles. The number of likely N-dealkylation sites (N-methyl/N-ethyl adjacent to an activating group) is 1. The highest BCUT2D eigenvalue weighted by Gasteiger charge is 2.32. The summed E-state index contributed by atoms with van der Waals surface area (Å²) in [5.74, 6) is 0.0902. The van der Waals surface area contributed by atoms with Gasteiger partial charge in [-0.15, -0.1) is 11.3 Å². The minimum Gasteiger partial charge on any atom is -0.490 e. The van der Waals surface area contributed by atoms with E-state index in [4.69, 9.17) is 51.9 Å². The van der Waals surface area contributed by atoms with Gasteiger partial charge in [-0.05, 0) is 131 Å². The smallest absolute Gasteiger partial charge is 0.345 e. The van der Waals surface area contributed by atoms with Crippen LogP contribution in [0.25, 0.3) is 37.4 Å². The van der Waals surface area contributed by atoms with Crippen LogP contribution in [0.1, 0.15) is 74.7 Å². The van der Waals surface area contributed by atoms with Crippen LogP contribution in [0.2, 0.25) is 10.0 Å². The van der Waals surface area contributed by atoms with Gasteiger partial charge in [0.15, 0.2) is 11.6 Å². The van der Waals surface area contributed by atoms with Crippen molar-refractivity contribution in [2.45, 2.75) is 91.1 Å². The van der Waals surface area contributed by atoms with E-state index in [1.807, 2.05) is 34.6 Å². The maximum Gasteiger partial charge on any atom is 0.345 e. The maximum atomic E-state index is 14.4. The zero-order valence-electron chi connectivity index (χ0n) is 41.1. The van der Waals surface area contributed by atoms with E-state index in [9.17, 15) is 19.1 Å². The number of carbonyl (C=O) groups is 2. The molecule has 4 bridgehead atoms. The summed E-state index contributed by atoms with van der Waals surface area (Å²) < 4.78 is 46.3. The molecule has 3 aromatic heterocycles. The predicted molar refractivity (Wildman–Crippen MR) is 276 cm³/mol. The first-order chi connectivity index (χ1) is 34.5. The molecule has 1 fully saturated rings. The molecule has 3 aromatic carbocycles. The number of aromatic nitrogens is 4. The van der Waals surface area contributed by atoms with Crippen LogP contribution < -0.4 is 18.9 Å². The Morgan fingerprint density at radius 1 is 0.958 bits per heavy atom. The van der Waals surface area contributed by atoms with Gasteiger partial charge in [-0.2, -0.15) is 0 Å².